The van der Waals surface area contributed by atoms with Crippen LogP contribution < -0.4 is 10.1 Å². The molecule has 47 heavy (non-hydrogen) atoms. The van der Waals surface area contributed by atoms with Gasteiger partial charge in [0.2, 0.25) is 11.8 Å². The molecule has 2 aliphatic rings. The highest BCUT2D eigenvalue weighted by Gasteiger charge is 2.40. The number of aromatic nitrogens is 4. The van der Waals surface area contributed by atoms with Gasteiger partial charge in [-0.15, -0.1) is 0 Å². The quantitative estimate of drug-likeness (QED) is 0.224. The molecule has 4 atom stereocenters. The van der Waals surface area contributed by atoms with E-state index in [1.165, 1.54) is 0 Å². The molecule has 2 fully saturated rings. The fourth-order valence-corrected chi connectivity index (χ4v) is 6.68. The summed E-state index contributed by atoms with van der Waals surface area (Å²) in [5.74, 6) is 0.602. The molecule has 1 aliphatic carbocycles. The van der Waals surface area contributed by atoms with Gasteiger partial charge in [0, 0.05) is 30.9 Å². The van der Waals surface area contributed by atoms with E-state index in [2.05, 4.69) is 25.3 Å². The van der Waals surface area contributed by atoms with Gasteiger partial charge >= 0.3 is 6.09 Å². The lowest BCUT2D eigenvalue weighted by molar-refractivity contribution is -0.138. The van der Waals surface area contributed by atoms with Gasteiger partial charge in [0.25, 0.3) is 0 Å². The van der Waals surface area contributed by atoms with Gasteiger partial charge in [-0.05, 0) is 68.9 Å². The Morgan fingerprint density at radius 1 is 1.06 bits per heavy atom. The third-order valence-corrected chi connectivity index (χ3v) is 9.29. The van der Waals surface area contributed by atoms with Crippen molar-refractivity contribution in [1.29, 1.82) is 0 Å². The number of aryl methyl sites for hydroxylation is 1. The van der Waals surface area contributed by atoms with Crippen LogP contribution >= 0.6 is 0 Å². The molecular weight excluding hydrogens is 600 g/mol. The number of unbranched alkanes of at least 4 members (excludes halogenated alkanes) is 2. The molecule has 2 aromatic heterocycles. The van der Waals surface area contributed by atoms with Gasteiger partial charge in [0.15, 0.2) is 5.78 Å². The van der Waals surface area contributed by atoms with Crippen molar-refractivity contribution >= 4 is 28.8 Å². The number of aromatic hydroxyl groups is 1. The summed E-state index contributed by atoms with van der Waals surface area (Å²) in [7, 11) is 0. The number of ether oxygens (including phenoxy) is 2. The number of amides is 2. The van der Waals surface area contributed by atoms with Gasteiger partial charge in [0.05, 0.1) is 29.0 Å². The first-order valence-corrected chi connectivity index (χ1v) is 16.8. The minimum Gasteiger partial charge on any atom is -0.492 e. The number of nitrogens with one attached hydrogen (secondary N) is 1. The average molecular weight is 647 g/mol. The minimum absolute atomic E-state index is 0.0674. The Kier molecular flexibility index (Phi) is 11.6. The number of fused-ring (bicyclic) bond motifs is 1. The van der Waals surface area contributed by atoms with E-state index < -0.39 is 12.1 Å². The van der Waals surface area contributed by atoms with Crippen molar-refractivity contribution < 1.29 is 29.0 Å². The first kappa shape index (κ1) is 34.0. The maximum absolute atomic E-state index is 12.9. The van der Waals surface area contributed by atoms with Gasteiger partial charge < -0.3 is 24.8 Å². The first-order valence-electron chi connectivity index (χ1n) is 16.8. The van der Waals surface area contributed by atoms with E-state index in [4.69, 9.17) is 9.47 Å². The van der Waals surface area contributed by atoms with Gasteiger partial charge in [-0.3, -0.25) is 19.6 Å². The Morgan fingerprint density at radius 3 is 2.70 bits per heavy atom. The Balaban J connectivity index is 1.02. The number of Topliss-reactive ketones (excluding diaryl/α,β-unsaturated/α-hetero) is 1. The SMILES string of the molecule is CC(C)C(=O)[C@@H]1[C@H](C)CCN1C(=O)CNC(=O)OC1CCC[C@H]1CCCCCc1nc2ccc(OCc3cnccn3)cc2nc1O. The maximum Gasteiger partial charge on any atom is 0.407 e. The summed E-state index contributed by atoms with van der Waals surface area (Å²) >= 11 is 0. The minimum atomic E-state index is -0.580. The van der Waals surface area contributed by atoms with Crippen LogP contribution in [0.1, 0.15) is 83.5 Å². The summed E-state index contributed by atoms with van der Waals surface area (Å²) in [5, 5.41) is 13.2. The molecule has 2 N–H and O–H groups in total. The zero-order chi connectivity index (χ0) is 33.3. The summed E-state index contributed by atoms with van der Waals surface area (Å²) in [6.45, 7) is 6.34. The van der Waals surface area contributed by atoms with Crippen LogP contribution in [0.25, 0.3) is 11.0 Å². The normalized spacial score (nSPS) is 20.9. The lowest BCUT2D eigenvalue weighted by atomic mass is 9.92. The molecule has 0 radical (unpaired) electrons. The Morgan fingerprint density at radius 2 is 1.91 bits per heavy atom. The number of nitrogens with zero attached hydrogens (tertiary/aromatic N) is 5. The standard InChI is InChI=1S/C35H46N6O6/c1-22(2)33(43)32-23(3)14-17-41(32)31(42)20-38-35(45)47-30-11-7-9-24(30)8-5-4-6-10-28-34(44)40-29-18-26(12-13-27(29)39-28)46-21-25-19-36-15-16-37-25/h12-13,15-16,18-19,22-24,30,32H,4-11,14,17,20-21H2,1-3H3,(H,38,45)(H,40,44)/t23-,24-,30?,32+/m1/s1. The molecule has 3 heterocycles. The fourth-order valence-electron chi connectivity index (χ4n) is 6.68. The van der Waals surface area contributed by atoms with Crippen LogP contribution in [0, 0.1) is 17.8 Å². The van der Waals surface area contributed by atoms with Crippen molar-refractivity contribution in [3.05, 3.63) is 48.2 Å². The van der Waals surface area contributed by atoms with Gasteiger partial charge in [-0.2, -0.15) is 0 Å². The molecule has 12 heteroatoms. The number of benzene rings is 1. The number of hydrogen-bond donors (Lipinski definition) is 2. The van der Waals surface area contributed by atoms with Crippen molar-refractivity contribution in [2.45, 2.75) is 97.3 Å². The summed E-state index contributed by atoms with van der Waals surface area (Å²) in [5.41, 5.74) is 2.53. The molecule has 1 unspecified atom stereocenters. The van der Waals surface area contributed by atoms with E-state index >= 15 is 0 Å². The smallest absolute Gasteiger partial charge is 0.407 e. The van der Waals surface area contributed by atoms with Crippen molar-refractivity contribution in [3.63, 3.8) is 0 Å². The second kappa shape index (κ2) is 16.0. The molecule has 3 aromatic rings. The summed E-state index contributed by atoms with van der Waals surface area (Å²) in [6, 6.07) is 4.99. The third-order valence-electron chi connectivity index (χ3n) is 9.29. The average Bonchev–Trinajstić information content (AvgIpc) is 3.68. The predicted octanol–water partition coefficient (Wildman–Crippen LogP) is 5.16. The summed E-state index contributed by atoms with van der Waals surface area (Å²) in [4.78, 5) is 57.0. The Bertz CT molecular complexity index is 1540. The fraction of sp³-hybridized carbons (Fsp3) is 0.571. The van der Waals surface area contributed by atoms with Crippen LogP contribution in [0.3, 0.4) is 0 Å². The first-order chi connectivity index (χ1) is 22.7. The topological polar surface area (TPSA) is 157 Å². The Hall–Kier alpha value is -4.35. The van der Waals surface area contributed by atoms with Crippen LogP contribution in [0.15, 0.2) is 36.8 Å². The number of rotatable bonds is 14. The van der Waals surface area contributed by atoms with Crippen LogP contribution in [-0.2, 0) is 27.4 Å². The molecule has 2 amide bonds. The maximum atomic E-state index is 12.9. The number of carbonyl (C=O) groups excluding carboxylic acids is 3. The third kappa shape index (κ3) is 8.93. The second-order valence-electron chi connectivity index (χ2n) is 13.1. The Labute approximate surface area is 275 Å². The predicted molar refractivity (Wildman–Crippen MR) is 174 cm³/mol. The molecule has 12 nitrogen and oxygen atoms in total. The van der Waals surface area contributed by atoms with E-state index in [0.717, 1.165) is 51.4 Å². The lowest BCUT2D eigenvalue weighted by Gasteiger charge is -2.27. The number of alkyl carbamates (subject to hydrolysis) is 1. The number of ketones is 1. The van der Waals surface area contributed by atoms with Crippen molar-refractivity contribution in [1.82, 2.24) is 30.2 Å². The molecule has 1 aromatic carbocycles. The van der Waals surface area contributed by atoms with Gasteiger partial charge in [0.1, 0.15) is 30.7 Å². The van der Waals surface area contributed by atoms with E-state index in [1.807, 2.05) is 32.9 Å². The number of likely N-dealkylation sites (tertiary alicyclic amines) is 1. The highest BCUT2D eigenvalue weighted by molar-refractivity contribution is 5.92. The van der Waals surface area contributed by atoms with Crippen molar-refractivity contribution in [3.8, 4) is 11.6 Å². The monoisotopic (exact) mass is 646 g/mol. The molecule has 5 rings (SSSR count). The molecule has 0 spiro atoms. The van der Waals surface area contributed by atoms with Gasteiger partial charge in [-0.25, -0.2) is 14.8 Å². The van der Waals surface area contributed by atoms with Crippen LogP contribution in [-0.4, -0.2) is 73.0 Å². The van der Waals surface area contributed by atoms with Crippen LogP contribution in [0.4, 0.5) is 4.79 Å². The van der Waals surface area contributed by atoms with Gasteiger partial charge in [-0.1, -0.05) is 33.6 Å². The molecule has 1 saturated heterocycles. The molecule has 1 saturated carbocycles. The van der Waals surface area contributed by atoms with Crippen LogP contribution in [0.2, 0.25) is 0 Å². The van der Waals surface area contributed by atoms with E-state index in [1.54, 1.807) is 29.6 Å². The second-order valence-corrected chi connectivity index (χ2v) is 13.1. The largest absolute Gasteiger partial charge is 0.492 e. The summed E-state index contributed by atoms with van der Waals surface area (Å²) < 4.78 is 11.5. The van der Waals surface area contributed by atoms with Crippen LogP contribution in [0.5, 0.6) is 11.6 Å². The van der Waals surface area contributed by atoms with Crippen molar-refractivity contribution in [2.24, 2.45) is 17.8 Å². The lowest BCUT2D eigenvalue weighted by Crippen LogP contribution is -2.48. The summed E-state index contributed by atoms with van der Waals surface area (Å²) in [6.07, 6.45) is 12.0. The zero-order valence-electron chi connectivity index (χ0n) is 27.6. The van der Waals surface area contributed by atoms with E-state index in [0.29, 0.717) is 41.1 Å². The van der Waals surface area contributed by atoms with E-state index in [9.17, 15) is 19.5 Å². The van der Waals surface area contributed by atoms with Crippen molar-refractivity contribution in [2.75, 3.05) is 13.1 Å². The molecule has 252 valence electrons. The zero-order valence-corrected chi connectivity index (χ0v) is 27.6. The van der Waals surface area contributed by atoms with E-state index in [-0.39, 0.29) is 54.6 Å². The molecule has 1 aliphatic heterocycles. The molecular formula is C35H46N6O6. The molecule has 0 bridgehead atoms. The number of hydrogen-bond acceptors (Lipinski definition) is 10. The highest BCUT2D eigenvalue weighted by Crippen LogP contribution is 2.33. The highest BCUT2D eigenvalue weighted by atomic mass is 16.6. The number of carbonyl (C=O) groups is 3.